The number of ether oxygens (including phenoxy) is 2. The molecule has 1 aliphatic heterocycles. The van der Waals surface area contributed by atoms with Crippen molar-refractivity contribution in [2.24, 2.45) is 0 Å². The number of amides is 1. The third-order valence-electron chi connectivity index (χ3n) is 5.02. The zero-order valence-corrected chi connectivity index (χ0v) is 18.6. The summed E-state index contributed by atoms with van der Waals surface area (Å²) in [5, 5.41) is 0.187. The highest BCUT2D eigenvalue weighted by molar-refractivity contribution is 8.00. The number of nitrogens with zero attached hydrogens (tertiary/aromatic N) is 1. The van der Waals surface area contributed by atoms with Gasteiger partial charge in [-0.05, 0) is 38.5 Å². The second kappa shape index (κ2) is 14.7. The van der Waals surface area contributed by atoms with Crippen LogP contribution in [-0.4, -0.2) is 53.6 Å². The van der Waals surface area contributed by atoms with Crippen LogP contribution in [0.15, 0.2) is 0 Å². The van der Waals surface area contributed by atoms with Gasteiger partial charge in [-0.1, -0.05) is 32.6 Å². The molecule has 1 amide bonds. The molecule has 1 unspecified atom stereocenters. The van der Waals surface area contributed by atoms with Crippen LogP contribution < -0.4 is 0 Å². The summed E-state index contributed by atoms with van der Waals surface area (Å²) >= 11 is 1.70. The molecular weight excluding hydrogens is 378 g/mol. The van der Waals surface area contributed by atoms with E-state index in [1.807, 2.05) is 4.90 Å². The minimum absolute atomic E-state index is 0.0412. The van der Waals surface area contributed by atoms with Crippen LogP contribution in [0.2, 0.25) is 0 Å². The van der Waals surface area contributed by atoms with Crippen molar-refractivity contribution in [3.05, 3.63) is 0 Å². The summed E-state index contributed by atoms with van der Waals surface area (Å²) in [6, 6.07) is 0. The van der Waals surface area contributed by atoms with Crippen LogP contribution in [0.3, 0.4) is 0 Å². The predicted octanol–water partition coefficient (Wildman–Crippen LogP) is 4.30. The van der Waals surface area contributed by atoms with Gasteiger partial charge in [-0.3, -0.25) is 14.4 Å². The Morgan fingerprint density at radius 2 is 1.89 bits per heavy atom. The minimum Gasteiger partial charge on any atom is -0.469 e. The van der Waals surface area contributed by atoms with Crippen molar-refractivity contribution in [3.8, 4) is 0 Å². The summed E-state index contributed by atoms with van der Waals surface area (Å²) < 4.78 is 10.1. The average Bonchev–Trinajstić information content (AvgIpc) is 3.01. The molecule has 162 valence electrons. The number of unbranched alkanes of at least 4 members (excludes halogenated alkanes) is 5. The molecule has 6 nitrogen and oxygen atoms in total. The van der Waals surface area contributed by atoms with Crippen LogP contribution >= 0.6 is 11.8 Å². The van der Waals surface area contributed by atoms with E-state index in [0.717, 1.165) is 70.8 Å². The van der Waals surface area contributed by atoms with E-state index in [4.69, 9.17) is 4.74 Å². The molecule has 2 atom stereocenters. The van der Waals surface area contributed by atoms with E-state index in [1.54, 1.807) is 11.8 Å². The SMILES string of the molecule is CCCCC[C@@H](CCC1SCC(=O)N1CCCCCCC(=O)OC)OC(C)=O. The standard InChI is InChI=1S/C21H37NO5S/c1-4-5-8-11-18(27-17(2)23)13-14-20-22(19(24)16-28-20)15-10-7-6-9-12-21(25)26-3/h18,20H,4-16H2,1-3H3/t18-,20?/m0/s1. The van der Waals surface area contributed by atoms with Gasteiger partial charge in [0.05, 0.1) is 18.2 Å². The maximum atomic E-state index is 12.2. The number of carbonyl (C=O) groups is 3. The molecule has 0 aromatic carbocycles. The first kappa shape index (κ1) is 24.8. The van der Waals surface area contributed by atoms with E-state index in [2.05, 4.69) is 11.7 Å². The normalized spacial score (nSPS) is 17.6. The highest BCUT2D eigenvalue weighted by Crippen LogP contribution is 2.30. The largest absolute Gasteiger partial charge is 0.469 e. The Kier molecular flexibility index (Phi) is 13.0. The van der Waals surface area contributed by atoms with Crippen LogP contribution in [0, 0.1) is 0 Å². The van der Waals surface area contributed by atoms with E-state index >= 15 is 0 Å². The Labute approximate surface area is 174 Å². The van der Waals surface area contributed by atoms with Crippen molar-refractivity contribution < 1.29 is 23.9 Å². The maximum absolute atomic E-state index is 12.2. The summed E-state index contributed by atoms with van der Waals surface area (Å²) in [4.78, 5) is 36.7. The zero-order valence-electron chi connectivity index (χ0n) is 17.7. The Morgan fingerprint density at radius 1 is 1.14 bits per heavy atom. The van der Waals surface area contributed by atoms with Gasteiger partial charge >= 0.3 is 11.9 Å². The van der Waals surface area contributed by atoms with Crippen LogP contribution in [-0.2, 0) is 23.9 Å². The van der Waals surface area contributed by atoms with Gasteiger partial charge in [0, 0.05) is 19.9 Å². The zero-order chi connectivity index (χ0) is 20.8. The third kappa shape index (κ3) is 10.3. The lowest BCUT2D eigenvalue weighted by molar-refractivity contribution is -0.147. The lowest BCUT2D eigenvalue weighted by atomic mass is 10.1. The second-order valence-electron chi connectivity index (χ2n) is 7.40. The van der Waals surface area contributed by atoms with Gasteiger partial charge in [0.2, 0.25) is 5.91 Å². The molecule has 0 N–H and O–H groups in total. The first-order valence-corrected chi connectivity index (χ1v) is 11.7. The highest BCUT2D eigenvalue weighted by atomic mass is 32.2. The molecule has 0 bridgehead atoms. The van der Waals surface area contributed by atoms with Crippen molar-refractivity contribution in [2.45, 2.75) is 96.0 Å². The number of hydrogen-bond acceptors (Lipinski definition) is 6. The number of rotatable bonds is 15. The van der Waals surface area contributed by atoms with Crippen LogP contribution in [0.1, 0.15) is 84.5 Å². The predicted molar refractivity (Wildman–Crippen MR) is 112 cm³/mol. The molecular formula is C21H37NO5S. The van der Waals surface area contributed by atoms with Crippen molar-refractivity contribution in [1.82, 2.24) is 4.90 Å². The monoisotopic (exact) mass is 415 g/mol. The van der Waals surface area contributed by atoms with E-state index in [1.165, 1.54) is 14.0 Å². The smallest absolute Gasteiger partial charge is 0.305 e. The lowest BCUT2D eigenvalue weighted by Gasteiger charge is -2.26. The number of esters is 2. The Balaban J connectivity index is 2.34. The van der Waals surface area contributed by atoms with E-state index in [0.29, 0.717) is 12.2 Å². The molecule has 7 heteroatoms. The molecule has 1 heterocycles. The summed E-state index contributed by atoms with van der Waals surface area (Å²) in [6.07, 6.45) is 10.1. The fourth-order valence-corrected chi connectivity index (χ4v) is 4.67. The summed E-state index contributed by atoms with van der Waals surface area (Å²) in [5.41, 5.74) is 0. The maximum Gasteiger partial charge on any atom is 0.305 e. The number of carbonyl (C=O) groups excluding carboxylic acids is 3. The van der Waals surface area contributed by atoms with E-state index in [-0.39, 0.29) is 29.3 Å². The first-order valence-electron chi connectivity index (χ1n) is 10.6. The Hall–Kier alpha value is -1.24. The minimum atomic E-state index is -0.222. The molecule has 1 aliphatic rings. The van der Waals surface area contributed by atoms with Crippen molar-refractivity contribution in [3.63, 3.8) is 0 Å². The summed E-state index contributed by atoms with van der Waals surface area (Å²) in [7, 11) is 1.41. The molecule has 1 fully saturated rings. The number of thioether (sulfide) groups is 1. The fourth-order valence-electron chi connectivity index (χ4n) is 3.46. The molecule has 1 saturated heterocycles. The van der Waals surface area contributed by atoms with Crippen molar-refractivity contribution >= 4 is 29.6 Å². The topological polar surface area (TPSA) is 72.9 Å². The van der Waals surface area contributed by atoms with Gasteiger partial charge in [0.15, 0.2) is 0 Å². The molecule has 0 aliphatic carbocycles. The Morgan fingerprint density at radius 3 is 2.57 bits per heavy atom. The van der Waals surface area contributed by atoms with E-state index < -0.39 is 0 Å². The van der Waals surface area contributed by atoms with Gasteiger partial charge in [-0.25, -0.2) is 0 Å². The molecule has 0 aromatic heterocycles. The number of hydrogen-bond donors (Lipinski definition) is 0. The molecule has 1 rings (SSSR count). The van der Waals surface area contributed by atoms with Crippen molar-refractivity contribution in [1.29, 1.82) is 0 Å². The highest BCUT2D eigenvalue weighted by Gasteiger charge is 2.31. The summed E-state index contributed by atoms with van der Waals surface area (Å²) in [6.45, 7) is 4.39. The summed E-state index contributed by atoms with van der Waals surface area (Å²) in [5.74, 6) is 0.369. The molecule has 0 spiro atoms. The van der Waals surface area contributed by atoms with Gasteiger partial charge in [0.1, 0.15) is 6.10 Å². The quantitative estimate of drug-likeness (QED) is 0.293. The van der Waals surface area contributed by atoms with Crippen LogP contribution in [0.4, 0.5) is 0 Å². The molecule has 0 aromatic rings. The van der Waals surface area contributed by atoms with Crippen LogP contribution in [0.25, 0.3) is 0 Å². The van der Waals surface area contributed by atoms with Gasteiger partial charge in [0.25, 0.3) is 0 Å². The Bertz CT molecular complexity index is 485. The molecule has 0 radical (unpaired) electrons. The van der Waals surface area contributed by atoms with E-state index in [9.17, 15) is 14.4 Å². The number of methoxy groups -OCH3 is 1. The average molecular weight is 416 g/mol. The van der Waals surface area contributed by atoms with Gasteiger partial charge in [-0.2, -0.15) is 0 Å². The third-order valence-corrected chi connectivity index (χ3v) is 6.31. The fraction of sp³-hybridized carbons (Fsp3) is 0.857. The second-order valence-corrected chi connectivity index (χ2v) is 8.56. The van der Waals surface area contributed by atoms with Gasteiger partial charge < -0.3 is 14.4 Å². The van der Waals surface area contributed by atoms with Gasteiger partial charge in [-0.15, -0.1) is 11.8 Å². The molecule has 0 saturated carbocycles. The lowest BCUT2D eigenvalue weighted by Crippen LogP contribution is -2.34. The van der Waals surface area contributed by atoms with Crippen molar-refractivity contribution in [2.75, 3.05) is 19.4 Å². The van der Waals surface area contributed by atoms with Crippen LogP contribution in [0.5, 0.6) is 0 Å². The molecule has 28 heavy (non-hydrogen) atoms. The first-order chi connectivity index (χ1) is 13.5.